The molecule has 0 saturated carbocycles. The molecule has 2 aromatic rings. The maximum atomic E-state index is 5.44. The van der Waals surface area contributed by atoms with Crippen molar-refractivity contribution in [3.8, 4) is 5.75 Å². The van der Waals surface area contributed by atoms with Crippen molar-refractivity contribution < 1.29 is 4.74 Å². The Morgan fingerprint density at radius 3 is 3.13 bits per heavy atom. The number of nitrogens with zero attached hydrogens (tertiary/aromatic N) is 1. The molecule has 0 aliphatic rings. The van der Waals surface area contributed by atoms with Crippen LogP contribution >= 0.6 is 23.3 Å². The summed E-state index contributed by atoms with van der Waals surface area (Å²) in [6.07, 6.45) is 0. The number of ether oxygens (including phenoxy) is 1. The maximum Gasteiger partial charge on any atom is 0.166 e. The van der Waals surface area contributed by atoms with Gasteiger partial charge in [-0.3, -0.25) is 4.72 Å². The van der Waals surface area contributed by atoms with Gasteiger partial charge in [0, 0.05) is 0 Å². The number of fused-ring (bicyclic) bond motifs is 1. The second-order valence-electron chi connectivity index (χ2n) is 2.85. The monoisotopic (exact) mass is 240 g/mol. The third-order valence-corrected chi connectivity index (χ3v) is 3.62. The SMILES string of the molecule is CCOc1ccc2nc(SNC)sc2c1. The van der Waals surface area contributed by atoms with Crippen molar-refractivity contribution in [2.75, 3.05) is 13.7 Å². The Bertz CT molecular complexity index is 452. The van der Waals surface area contributed by atoms with E-state index < -0.39 is 0 Å². The van der Waals surface area contributed by atoms with Crippen LogP contribution < -0.4 is 9.46 Å². The predicted octanol–water partition coefficient (Wildman–Crippen LogP) is 2.92. The molecule has 0 spiro atoms. The highest BCUT2D eigenvalue weighted by molar-refractivity contribution is 7.99. The van der Waals surface area contributed by atoms with Gasteiger partial charge in [0.05, 0.1) is 16.8 Å². The van der Waals surface area contributed by atoms with Gasteiger partial charge in [0.25, 0.3) is 0 Å². The molecule has 0 aliphatic carbocycles. The maximum absolute atomic E-state index is 5.44. The van der Waals surface area contributed by atoms with Crippen molar-refractivity contribution in [3.63, 3.8) is 0 Å². The fourth-order valence-corrected chi connectivity index (χ4v) is 3.00. The summed E-state index contributed by atoms with van der Waals surface area (Å²) in [7, 11) is 1.89. The Morgan fingerprint density at radius 2 is 2.40 bits per heavy atom. The largest absolute Gasteiger partial charge is 0.494 e. The number of thiazole rings is 1. The third-order valence-electron chi connectivity index (χ3n) is 1.84. The molecule has 1 N–H and O–H groups in total. The van der Waals surface area contributed by atoms with E-state index in [1.807, 2.05) is 32.2 Å². The molecule has 1 heterocycles. The Balaban J connectivity index is 2.34. The molecule has 3 nitrogen and oxygen atoms in total. The van der Waals surface area contributed by atoms with Gasteiger partial charge in [-0.15, -0.1) is 11.3 Å². The van der Waals surface area contributed by atoms with E-state index in [2.05, 4.69) is 9.71 Å². The van der Waals surface area contributed by atoms with Gasteiger partial charge >= 0.3 is 0 Å². The van der Waals surface area contributed by atoms with Crippen molar-refractivity contribution in [3.05, 3.63) is 18.2 Å². The molecule has 0 fully saturated rings. The zero-order chi connectivity index (χ0) is 10.7. The average Bonchev–Trinajstić information content (AvgIpc) is 2.60. The highest BCUT2D eigenvalue weighted by Crippen LogP contribution is 2.30. The number of hydrogen-bond acceptors (Lipinski definition) is 5. The van der Waals surface area contributed by atoms with E-state index >= 15 is 0 Å². The zero-order valence-corrected chi connectivity index (χ0v) is 10.2. The Morgan fingerprint density at radius 1 is 1.53 bits per heavy atom. The highest BCUT2D eigenvalue weighted by atomic mass is 32.2. The number of benzene rings is 1. The normalized spacial score (nSPS) is 10.8. The van der Waals surface area contributed by atoms with Crippen LogP contribution in [0.25, 0.3) is 10.2 Å². The molecule has 0 saturated heterocycles. The van der Waals surface area contributed by atoms with Crippen LogP contribution in [-0.4, -0.2) is 18.6 Å². The molecule has 0 bridgehead atoms. The lowest BCUT2D eigenvalue weighted by Crippen LogP contribution is -1.90. The molecule has 0 atom stereocenters. The molecular formula is C10H12N2OS2. The van der Waals surface area contributed by atoms with E-state index in [4.69, 9.17) is 4.74 Å². The molecule has 0 unspecified atom stereocenters. The van der Waals surface area contributed by atoms with Crippen molar-refractivity contribution in [1.29, 1.82) is 0 Å². The molecule has 15 heavy (non-hydrogen) atoms. The molecule has 0 radical (unpaired) electrons. The summed E-state index contributed by atoms with van der Waals surface area (Å²) in [6.45, 7) is 2.68. The van der Waals surface area contributed by atoms with Crippen molar-refractivity contribution in [1.82, 2.24) is 9.71 Å². The van der Waals surface area contributed by atoms with E-state index in [9.17, 15) is 0 Å². The summed E-state index contributed by atoms with van der Waals surface area (Å²) in [5.74, 6) is 0.912. The molecule has 2 rings (SSSR count). The van der Waals surface area contributed by atoms with Crippen molar-refractivity contribution in [2.45, 2.75) is 11.3 Å². The van der Waals surface area contributed by atoms with Crippen LogP contribution in [0.5, 0.6) is 5.75 Å². The lowest BCUT2D eigenvalue weighted by atomic mass is 10.3. The summed E-state index contributed by atoms with van der Waals surface area (Å²) in [6, 6.07) is 5.99. The van der Waals surface area contributed by atoms with Crippen LogP contribution in [0.2, 0.25) is 0 Å². The van der Waals surface area contributed by atoms with E-state index in [1.165, 1.54) is 16.6 Å². The van der Waals surface area contributed by atoms with Crippen LogP contribution in [0.15, 0.2) is 22.5 Å². The molecule has 1 aromatic heterocycles. The third kappa shape index (κ3) is 2.42. The fraction of sp³-hybridized carbons (Fsp3) is 0.300. The minimum absolute atomic E-state index is 0.697. The van der Waals surface area contributed by atoms with Crippen molar-refractivity contribution >= 4 is 33.5 Å². The number of nitrogens with one attached hydrogen (secondary N) is 1. The van der Waals surface area contributed by atoms with Gasteiger partial charge in [-0.2, -0.15) is 0 Å². The van der Waals surface area contributed by atoms with Crippen molar-refractivity contribution in [2.24, 2.45) is 0 Å². The highest BCUT2D eigenvalue weighted by Gasteiger charge is 2.04. The lowest BCUT2D eigenvalue weighted by molar-refractivity contribution is 0.341. The van der Waals surface area contributed by atoms with Gasteiger partial charge in [-0.05, 0) is 44.1 Å². The van der Waals surface area contributed by atoms with Crippen LogP contribution in [-0.2, 0) is 0 Å². The van der Waals surface area contributed by atoms with Gasteiger partial charge in [-0.1, -0.05) is 0 Å². The minimum atomic E-state index is 0.697. The Kier molecular flexibility index (Phi) is 3.45. The molecule has 5 heteroatoms. The molecule has 80 valence electrons. The summed E-state index contributed by atoms with van der Waals surface area (Å²) in [5.41, 5.74) is 1.03. The summed E-state index contributed by atoms with van der Waals surface area (Å²) < 4.78 is 10.7. The molecule has 0 aliphatic heterocycles. The first-order chi connectivity index (χ1) is 7.33. The summed E-state index contributed by atoms with van der Waals surface area (Å²) in [4.78, 5) is 4.47. The van der Waals surface area contributed by atoms with E-state index in [1.54, 1.807) is 11.3 Å². The lowest BCUT2D eigenvalue weighted by Gasteiger charge is -2.00. The molecule has 1 aromatic carbocycles. The van der Waals surface area contributed by atoms with Gasteiger partial charge in [0.1, 0.15) is 5.75 Å². The molecule has 0 amide bonds. The zero-order valence-electron chi connectivity index (χ0n) is 8.61. The van der Waals surface area contributed by atoms with Crippen LogP contribution in [0.3, 0.4) is 0 Å². The summed E-state index contributed by atoms with van der Waals surface area (Å²) >= 11 is 3.21. The Hall–Kier alpha value is -0.780. The van der Waals surface area contributed by atoms with Crippen LogP contribution in [0.4, 0.5) is 0 Å². The van der Waals surface area contributed by atoms with Gasteiger partial charge < -0.3 is 4.74 Å². The van der Waals surface area contributed by atoms with E-state index in [0.717, 1.165) is 15.6 Å². The number of rotatable bonds is 4. The predicted molar refractivity (Wildman–Crippen MR) is 65.7 cm³/mol. The molecular weight excluding hydrogens is 228 g/mol. The van der Waals surface area contributed by atoms with Crippen LogP contribution in [0, 0.1) is 0 Å². The number of hydrogen-bond donors (Lipinski definition) is 1. The first-order valence-electron chi connectivity index (χ1n) is 4.70. The first-order valence-corrected chi connectivity index (χ1v) is 6.33. The van der Waals surface area contributed by atoms with Gasteiger partial charge in [0.15, 0.2) is 4.34 Å². The second-order valence-corrected chi connectivity index (χ2v) is 5.14. The first kappa shape index (κ1) is 10.7. The quantitative estimate of drug-likeness (QED) is 0.833. The van der Waals surface area contributed by atoms with E-state index in [0.29, 0.717) is 6.61 Å². The standard InChI is InChI=1S/C10H12N2OS2/c1-3-13-7-4-5-8-9(6-7)14-10(12-8)15-11-2/h4-6,11H,3H2,1-2H3. The summed E-state index contributed by atoms with van der Waals surface area (Å²) in [5, 5.41) is 0. The van der Waals surface area contributed by atoms with Gasteiger partial charge in [-0.25, -0.2) is 4.98 Å². The second kappa shape index (κ2) is 4.83. The van der Waals surface area contributed by atoms with Crippen LogP contribution in [0.1, 0.15) is 6.92 Å². The topological polar surface area (TPSA) is 34.1 Å². The number of aromatic nitrogens is 1. The van der Waals surface area contributed by atoms with Gasteiger partial charge in [0.2, 0.25) is 0 Å². The van der Waals surface area contributed by atoms with E-state index in [-0.39, 0.29) is 0 Å². The smallest absolute Gasteiger partial charge is 0.166 e. The average molecular weight is 240 g/mol. The Labute approximate surface area is 97.0 Å². The fourth-order valence-electron chi connectivity index (χ4n) is 1.27. The minimum Gasteiger partial charge on any atom is -0.494 e.